The summed E-state index contributed by atoms with van der Waals surface area (Å²) >= 11 is 2.85. The molecule has 0 amide bonds. The normalized spacial score (nSPS) is 9.75. The van der Waals surface area contributed by atoms with E-state index in [0.29, 0.717) is 18.3 Å². The maximum Gasteiger partial charge on any atom is 0.191 e. The van der Waals surface area contributed by atoms with Crippen molar-refractivity contribution in [2.24, 2.45) is 0 Å². The van der Waals surface area contributed by atoms with Gasteiger partial charge in [0.2, 0.25) is 0 Å². The Balaban J connectivity index is 2.22. The molecule has 0 saturated heterocycles. The lowest BCUT2D eigenvalue weighted by Gasteiger charge is -2.01. The van der Waals surface area contributed by atoms with Crippen molar-refractivity contribution < 1.29 is 4.74 Å². The second-order valence-electron chi connectivity index (χ2n) is 1.88. The van der Waals surface area contributed by atoms with Gasteiger partial charge in [0.05, 0.1) is 18.6 Å². The first kappa shape index (κ1) is 9.47. The Morgan fingerprint density at radius 1 is 1.83 bits per heavy atom. The fraction of sp³-hybridized carbons (Fsp3) is 0.500. The molecule has 1 rings (SSSR count). The Morgan fingerprint density at radius 3 is 3.25 bits per heavy atom. The monoisotopic (exact) mass is 203 g/mol. The fourth-order valence-corrected chi connectivity index (χ4v) is 1.81. The average molecular weight is 203 g/mol. The van der Waals surface area contributed by atoms with Crippen molar-refractivity contribution in [1.82, 2.24) is 9.59 Å². The minimum absolute atomic E-state index is 0.302. The van der Waals surface area contributed by atoms with Crippen LogP contribution in [0.3, 0.4) is 0 Å². The topological polar surface area (TPSA) is 58.9 Å². The number of rotatable bonds is 4. The molecule has 0 unspecified atom stereocenters. The largest absolute Gasteiger partial charge is 0.481 e. The van der Waals surface area contributed by atoms with Crippen LogP contribution in [-0.2, 0) is 4.74 Å². The van der Waals surface area contributed by atoms with E-state index < -0.39 is 0 Å². The standard InChI is InChI=1S/C6H9N3OS2/c1-2-10-5(7)4-11-6-3-8-9-12-6/h3,7H,2,4H2,1H3. The molecule has 0 bridgehead atoms. The second-order valence-corrected chi connectivity index (χ2v) is 3.94. The lowest BCUT2D eigenvalue weighted by Crippen LogP contribution is -2.04. The van der Waals surface area contributed by atoms with Gasteiger partial charge in [-0.05, 0) is 18.5 Å². The summed E-state index contributed by atoms with van der Waals surface area (Å²) in [5, 5.41) is 11.0. The molecule has 0 fully saturated rings. The van der Waals surface area contributed by atoms with Crippen LogP contribution in [0.25, 0.3) is 0 Å². The van der Waals surface area contributed by atoms with Gasteiger partial charge in [-0.25, -0.2) is 0 Å². The quantitative estimate of drug-likeness (QED) is 0.459. The first-order valence-corrected chi connectivity index (χ1v) is 5.19. The Labute approximate surface area is 79.0 Å². The van der Waals surface area contributed by atoms with Gasteiger partial charge in [-0.15, -0.1) is 16.9 Å². The average Bonchev–Trinajstić information content (AvgIpc) is 2.53. The van der Waals surface area contributed by atoms with E-state index in [4.69, 9.17) is 10.1 Å². The molecule has 1 heterocycles. The van der Waals surface area contributed by atoms with Crippen molar-refractivity contribution in [3.63, 3.8) is 0 Å². The summed E-state index contributed by atoms with van der Waals surface area (Å²) < 4.78 is 9.69. The third-order valence-electron chi connectivity index (χ3n) is 1.01. The van der Waals surface area contributed by atoms with Crippen molar-refractivity contribution in [2.75, 3.05) is 12.4 Å². The number of thioether (sulfide) groups is 1. The van der Waals surface area contributed by atoms with E-state index in [9.17, 15) is 0 Å². The minimum atomic E-state index is 0.302. The van der Waals surface area contributed by atoms with Gasteiger partial charge in [-0.3, -0.25) is 5.41 Å². The summed E-state index contributed by atoms with van der Waals surface area (Å²) in [6.45, 7) is 2.42. The van der Waals surface area contributed by atoms with E-state index in [1.165, 1.54) is 23.3 Å². The Bertz CT molecular complexity index is 237. The predicted octanol–water partition coefficient (Wildman–Crippen LogP) is 1.64. The van der Waals surface area contributed by atoms with Gasteiger partial charge in [0.25, 0.3) is 0 Å². The van der Waals surface area contributed by atoms with Crippen LogP contribution in [0.15, 0.2) is 10.4 Å². The molecule has 1 N–H and O–H groups in total. The third kappa shape index (κ3) is 3.19. The molecule has 0 radical (unpaired) electrons. The molecular weight excluding hydrogens is 194 g/mol. The zero-order chi connectivity index (χ0) is 8.81. The maximum absolute atomic E-state index is 7.31. The van der Waals surface area contributed by atoms with E-state index in [1.54, 1.807) is 6.20 Å². The van der Waals surface area contributed by atoms with Crippen molar-refractivity contribution in [3.8, 4) is 0 Å². The molecule has 0 aromatic carbocycles. The number of hydrogen-bond acceptors (Lipinski definition) is 6. The molecule has 1 aromatic rings. The molecule has 0 atom stereocenters. The predicted molar refractivity (Wildman–Crippen MR) is 50.0 cm³/mol. The van der Waals surface area contributed by atoms with E-state index in [0.717, 1.165) is 4.21 Å². The van der Waals surface area contributed by atoms with Gasteiger partial charge in [0.1, 0.15) is 4.21 Å². The highest BCUT2D eigenvalue weighted by Crippen LogP contribution is 2.19. The van der Waals surface area contributed by atoms with Crippen LogP contribution in [0.1, 0.15) is 6.92 Å². The molecule has 0 aliphatic rings. The van der Waals surface area contributed by atoms with Gasteiger partial charge in [0.15, 0.2) is 5.90 Å². The fourth-order valence-electron chi connectivity index (χ4n) is 0.574. The summed E-state index contributed by atoms with van der Waals surface area (Å²) in [5.41, 5.74) is 0. The molecular formula is C6H9N3OS2. The van der Waals surface area contributed by atoms with Gasteiger partial charge in [-0.2, -0.15) is 0 Å². The highest BCUT2D eigenvalue weighted by Gasteiger charge is 2.00. The molecule has 0 spiro atoms. The number of aromatic nitrogens is 2. The molecule has 1 aromatic heterocycles. The van der Waals surface area contributed by atoms with Crippen LogP contribution in [0.4, 0.5) is 0 Å². The Hall–Kier alpha value is -0.620. The van der Waals surface area contributed by atoms with Crippen molar-refractivity contribution >= 4 is 29.2 Å². The molecule has 0 saturated carbocycles. The van der Waals surface area contributed by atoms with Crippen molar-refractivity contribution in [3.05, 3.63) is 6.20 Å². The minimum Gasteiger partial charge on any atom is -0.481 e. The third-order valence-corrected chi connectivity index (χ3v) is 2.84. The van der Waals surface area contributed by atoms with E-state index in [1.807, 2.05) is 6.92 Å². The van der Waals surface area contributed by atoms with E-state index in [2.05, 4.69) is 9.59 Å². The molecule has 12 heavy (non-hydrogen) atoms. The highest BCUT2D eigenvalue weighted by atomic mass is 32.2. The van der Waals surface area contributed by atoms with Crippen LogP contribution in [-0.4, -0.2) is 27.8 Å². The maximum atomic E-state index is 7.31. The molecule has 4 nitrogen and oxygen atoms in total. The number of ether oxygens (including phenoxy) is 1. The molecule has 66 valence electrons. The smallest absolute Gasteiger partial charge is 0.191 e. The van der Waals surface area contributed by atoms with Gasteiger partial charge >= 0.3 is 0 Å². The Kier molecular flexibility index (Phi) is 4.02. The second kappa shape index (κ2) is 5.10. The first-order chi connectivity index (χ1) is 5.83. The zero-order valence-corrected chi connectivity index (χ0v) is 8.24. The lowest BCUT2D eigenvalue weighted by atomic mass is 10.7. The summed E-state index contributed by atoms with van der Waals surface area (Å²) in [6, 6.07) is 0. The van der Waals surface area contributed by atoms with Crippen molar-refractivity contribution in [1.29, 1.82) is 5.41 Å². The lowest BCUT2D eigenvalue weighted by molar-refractivity contribution is 0.322. The highest BCUT2D eigenvalue weighted by molar-refractivity contribution is 8.01. The Morgan fingerprint density at radius 2 is 2.67 bits per heavy atom. The molecule has 6 heteroatoms. The summed E-state index contributed by atoms with van der Waals surface area (Å²) in [7, 11) is 0. The zero-order valence-electron chi connectivity index (χ0n) is 6.61. The molecule has 0 aliphatic heterocycles. The van der Waals surface area contributed by atoms with Crippen LogP contribution in [0, 0.1) is 5.41 Å². The summed E-state index contributed by atoms with van der Waals surface area (Å²) in [4.78, 5) is 0. The van der Waals surface area contributed by atoms with Crippen LogP contribution < -0.4 is 0 Å². The van der Waals surface area contributed by atoms with Crippen LogP contribution in [0.2, 0.25) is 0 Å². The van der Waals surface area contributed by atoms with Gasteiger partial charge in [-0.1, -0.05) is 4.49 Å². The van der Waals surface area contributed by atoms with Gasteiger partial charge in [0, 0.05) is 0 Å². The number of hydrogen-bond donors (Lipinski definition) is 1. The summed E-state index contributed by atoms with van der Waals surface area (Å²) in [6.07, 6.45) is 1.69. The van der Waals surface area contributed by atoms with Crippen molar-refractivity contribution in [2.45, 2.75) is 11.1 Å². The first-order valence-electron chi connectivity index (χ1n) is 3.43. The van der Waals surface area contributed by atoms with Crippen LogP contribution in [0.5, 0.6) is 0 Å². The molecule has 0 aliphatic carbocycles. The number of nitrogens with zero attached hydrogens (tertiary/aromatic N) is 2. The van der Waals surface area contributed by atoms with Gasteiger partial charge < -0.3 is 4.74 Å². The van der Waals surface area contributed by atoms with Crippen LogP contribution >= 0.6 is 23.3 Å². The number of nitrogens with one attached hydrogen (secondary N) is 1. The van der Waals surface area contributed by atoms with E-state index in [-0.39, 0.29) is 0 Å². The SMILES string of the molecule is CCOC(=N)CSc1cnns1. The summed E-state index contributed by atoms with van der Waals surface area (Å²) in [5.74, 6) is 0.855. The van der Waals surface area contributed by atoms with E-state index >= 15 is 0 Å².